The normalized spacial score (nSPS) is 15.7. The molecule has 138 valence electrons. The number of carbonyl (C=O) groups is 2. The van der Waals surface area contributed by atoms with Gasteiger partial charge in [0, 0.05) is 28.8 Å². The number of fused-ring (bicyclic) bond motifs is 1. The summed E-state index contributed by atoms with van der Waals surface area (Å²) in [5.74, 6) is 0.596. The molecule has 6 heteroatoms. The van der Waals surface area contributed by atoms with Crippen LogP contribution in [0.5, 0.6) is 5.75 Å². The highest BCUT2D eigenvalue weighted by Gasteiger charge is 2.28. The summed E-state index contributed by atoms with van der Waals surface area (Å²) in [7, 11) is 0. The molecule has 1 aromatic heterocycles. The molecule has 2 heterocycles. The fraction of sp³-hybridized carbons (Fsp3) is 0.400. The molecule has 1 aliphatic rings. The minimum atomic E-state index is -0.329. The van der Waals surface area contributed by atoms with Crippen molar-refractivity contribution in [2.24, 2.45) is 5.92 Å². The molecule has 0 spiro atoms. The molecule has 4 nitrogen and oxygen atoms in total. The lowest BCUT2D eigenvalue weighted by Gasteiger charge is -2.14. The molecule has 1 N–H and O–H groups in total. The van der Waals surface area contributed by atoms with Gasteiger partial charge in [-0.1, -0.05) is 13.8 Å². The topological polar surface area (TPSA) is 55.4 Å². The van der Waals surface area contributed by atoms with Crippen molar-refractivity contribution in [3.63, 3.8) is 0 Å². The summed E-state index contributed by atoms with van der Waals surface area (Å²) in [5, 5.41) is 2.88. The van der Waals surface area contributed by atoms with Crippen molar-refractivity contribution < 1.29 is 18.7 Å². The molecule has 1 aromatic carbocycles. The summed E-state index contributed by atoms with van der Waals surface area (Å²) >= 11 is 1.33. The minimum absolute atomic E-state index is 0.00434. The van der Waals surface area contributed by atoms with Gasteiger partial charge in [0.25, 0.3) is 0 Å². The number of hydrogen-bond acceptors (Lipinski definition) is 4. The summed E-state index contributed by atoms with van der Waals surface area (Å²) in [5.41, 5.74) is 1.45. The van der Waals surface area contributed by atoms with Crippen LogP contribution in [0.3, 0.4) is 0 Å². The molecule has 0 radical (unpaired) electrons. The second kappa shape index (κ2) is 7.58. The first-order chi connectivity index (χ1) is 12.3. The quantitative estimate of drug-likeness (QED) is 0.769. The summed E-state index contributed by atoms with van der Waals surface area (Å²) in [6, 6.07) is 6.48. The van der Waals surface area contributed by atoms with Crippen LogP contribution >= 0.6 is 11.3 Å². The summed E-state index contributed by atoms with van der Waals surface area (Å²) in [4.78, 5) is 24.8. The van der Waals surface area contributed by atoms with E-state index >= 15 is 0 Å². The van der Waals surface area contributed by atoms with Gasteiger partial charge in [-0.15, -0.1) is 11.3 Å². The molecule has 1 atom stereocenters. The maximum Gasteiger partial charge on any atom is 0.220 e. The highest BCUT2D eigenvalue weighted by molar-refractivity contribution is 7.17. The van der Waals surface area contributed by atoms with Crippen LogP contribution in [0.15, 0.2) is 24.3 Å². The van der Waals surface area contributed by atoms with E-state index < -0.39 is 0 Å². The maximum absolute atomic E-state index is 14.1. The number of thiophene rings is 1. The molecule has 0 saturated heterocycles. The van der Waals surface area contributed by atoms with Crippen molar-refractivity contribution in [2.45, 2.75) is 39.7 Å². The van der Waals surface area contributed by atoms with E-state index in [2.05, 4.69) is 5.32 Å². The monoisotopic (exact) mass is 375 g/mol. The molecule has 3 rings (SSSR count). The number of amides is 1. The van der Waals surface area contributed by atoms with E-state index in [1.807, 2.05) is 19.9 Å². The smallest absolute Gasteiger partial charge is 0.220 e. The summed E-state index contributed by atoms with van der Waals surface area (Å²) < 4.78 is 20.1. The minimum Gasteiger partial charge on any atom is -0.487 e. The van der Waals surface area contributed by atoms with Gasteiger partial charge < -0.3 is 10.1 Å². The van der Waals surface area contributed by atoms with Crippen molar-refractivity contribution in [2.75, 3.05) is 6.54 Å². The first kappa shape index (κ1) is 18.6. The lowest BCUT2D eigenvalue weighted by atomic mass is 10.0. The Labute approximate surface area is 156 Å². The van der Waals surface area contributed by atoms with Gasteiger partial charge in [-0.05, 0) is 37.1 Å². The second-order valence-corrected chi connectivity index (χ2v) is 8.09. The number of Topliss-reactive ketones (excluding diaryl/α,β-unsaturated/α-hetero) is 1. The Balaban J connectivity index is 1.77. The number of ether oxygens (including phenoxy) is 1. The molecule has 0 saturated carbocycles. The van der Waals surface area contributed by atoms with Crippen molar-refractivity contribution in [3.8, 4) is 16.2 Å². The number of rotatable bonds is 6. The average molecular weight is 375 g/mol. The Kier molecular flexibility index (Phi) is 5.41. The molecular weight excluding hydrogens is 353 g/mol. The zero-order chi connectivity index (χ0) is 18.8. The van der Waals surface area contributed by atoms with E-state index in [1.165, 1.54) is 30.4 Å². The second-order valence-electron chi connectivity index (χ2n) is 7.01. The van der Waals surface area contributed by atoms with Crippen LogP contribution in [-0.4, -0.2) is 24.3 Å². The van der Waals surface area contributed by atoms with Crippen LogP contribution in [0.2, 0.25) is 0 Å². The number of ketones is 1. The molecule has 0 fully saturated rings. The van der Waals surface area contributed by atoms with E-state index in [0.717, 1.165) is 10.4 Å². The van der Waals surface area contributed by atoms with Crippen molar-refractivity contribution >= 4 is 23.0 Å². The zero-order valence-corrected chi connectivity index (χ0v) is 15.9. The summed E-state index contributed by atoms with van der Waals surface area (Å²) in [6.07, 6.45) is 0.809. The molecule has 1 unspecified atom stereocenters. The van der Waals surface area contributed by atoms with E-state index in [0.29, 0.717) is 41.5 Å². The Morgan fingerprint density at radius 3 is 2.77 bits per heavy atom. The summed E-state index contributed by atoms with van der Waals surface area (Å²) in [6.45, 7) is 5.89. The van der Waals surface area contributed by atoms with E-state index in [4.69, 9.17) is 4.74 Å². The number of hydrogen-bond donors (Lipinski definition) is 1. The van der Waals surface area contributed by atoms with Crippen molar-refractivity contribution in [1.29, 1.82) is 0 Å². The largest absolute Gasteiger partial charge is 0.487 e. The van der Waals surface area contributed by atoms with E-state index in [9.17, 15) is 14.0 Å². The number of halogens is 1. The van der Waals surface area contributed by atoms with Crippen LogP contribution in [0.25, 0.3) is 10.4 Å². The average Bonchev–Trinajstić information content (AvgIpc) is 3.18. The predicted octanol–water partition coefficient (Wildman–Crippen LogP) is 4.22. The third kappa shape index (κ3) is 4.12. The highest BCUT2D eigenvalue weighted by Crippen LogP contribution is 2.42. The van der Waals surface area contributed by atoms with Gasteiger partial charge in [-0.3, -0.25) is 9.59 Å². The predicted molar refractivity (Wildman–Crippen MR) is 100 cm³/mol. The highest BCUT2D eigenvalue weighted by atomic mass is 32.1. The molecule has 26 heavy (non-hydrogen) atoms. The number of nitrogens with one attached hydrogen (secondary N) is 1. The Morgan fingerprint density at radius 2 is 2.12 bits per heavy atom. The zero-order valence-electron chi connectivity index (χ0n) is 15.1. The van der Waals surface area contributed by atoms with E-state index in [-0.39, 0.29) is 23.6 Å². The lowest BCUT2D eigenvalue weighted by Crippen LogP contribution is -2.34. The first-order valence-electron chi connectivity index (χ1n) is 8.70. The third-order valence-electron chi connectivity index (χ3n) is 4.20. The van der Waals surface area contributed by atoms with Crippen LogP contribution in [0.4, 0.5) is 4.39 Å². The molecule has 2 aromatic rings. The Bertz CT molecular complexity index is 844. The maximum atomic E-state index is 14.1. The van der Waals surface area contributed by atoms with Crippen LogP contribution in [0.1, 0.15) is 42.4 Å². The van der Waals surface area contributed by atoms with Crippen molar-refractivity contribution in [1.82, 2.24) is 5.32 Å². The van der Waals surface area contributed by atoms with Gasteiger partial charge in [0.05, 0.1) is 11.4 Å². The van der Waals surface area contributed by atoms with Gasteiger partial charge in [0.15, 0.2) is 5.78 Å². The molecule has 1 amide bonds. The number of carbonyl (C=O) groups excluding carboxylic acids is 2. The fourth-order valence-electron chi connectivity index (χ4n) is 3.03. The molecular formula is C20H22FNO3S. The van der Waals surface area contributed by atoms with Crippen molar-refractivity contribution in [3.05, 3.63) is 40.5 Å². The SMILES string of the molecule is CC(=O)c1ccc(-c2cc(F)cc3c2OC(CNC(=O)CC(C)C)C3)s1. The molecule has 0 bridgehead atoms. The molecule has 0 aliphatic carbocycles. The Hall–Kier alpha value is -2.21. The van der Waals surface area contributed by atoms with Crippen LogP contribution in [0, 0.1) is 11.7 Å². The first-order valence-corrected chi connectivity index (χ1v) is 9.52. The van der Waals surface area contributed by atoms with E-state index in [1.54, 1.807) is 6.07 Å². The van der Waals surface area contributed by atoms with Gasteiger partial charge in [-0.2, -0.15) is 0 Å². The standard InChI is InChI=1S/C20H22FNO3S/c1-11(2)6-19(24)22-10-15-8-13-7-14(21)9-16(20(13)25-15)18-5-4-17(26-18)12(3)23/h4-5,7,9,11,15H,6,8,10H2,1-3H3,(H,22,24). The van der Waals surface area contributed by atoms with Crippen LogP contribution < -0.4 is 10.1 Å². The number of benzene rings is 1. The Morgan fingerprint density at radius 1 is 1.35 bits per heavy atom. The van der Waals surface area contributed by atoms with Gasteiger partial charge >= 0.3 is 0 Å². The lowest BCUT2D eigenvalue weighted by molar-refractivity contribution is -0.122. The van der Waals surface area contributed by atoms with Gasteiger partial charge in [0.1, 0.15) is 17.7 Å². The third-order valence-corrected chi connectivity index (χ3v) is 5.42. The van der Waals surface area contributed by atoms with Crippen LogP contribution in [-0.2, 0) is 11.2 Å². The van der Waals surface area contributed by atoms with Gasteiger partial charge in [0.2, 0.25) is 5.91 Å². The molecule has 1 aliphatic heterocycles. The van der Waals surface area contributed by atoms with Gasteiger partial charge in [-0.25, -0.2) is 4.39 Å². The fourth-order valence-corrected chi connectivity index (χ4v) is 3.95.